The van der Waals surface area contributed by atoms with Crippen molar-refractivity contribution in [2.75, 3.05) is 53.4 Å². The summed E-state index contributed by atoms with van der Waals surface area (Å²) in [5.74, 6) is 0.448. The monoisotopic (exact) mass is 360 g/mol. The van der Waals surface area contributed by atoms with E-state index in [-0.39, 0.29) is 11.8 Å². The van der Waals surface area contributed by atoms with Crippen LogP contribution in [0.4, 0.5) is 0 Å². The van der Waals surface area contributed by atoms with Gasteiger partial charge in [0.25, 0.3) is 10.2 Å². The van der Waals surface area contributed by atoms with E-state index in [1.54, 1.807) is 0 Å². The van der Waals surface area contributed by atoms with E-state index in [0.717, 1.165) is 6.54 Å². The molecule has 140 valence electrons. The van der Waals surface area contributed by atoms with E-state index in [1.807, 2.05) is 0 Å². The van der Waals surface area contributed by atoms with Crippen molar-refractivity contribution in [3.8, 4) is 0 Å². The number of rotatable bonds is 7. The van der Waals surface area contributed by atoms with Gasteiger partial charge in [-0.3, -0.25) is 4.79 Å². The summed E-state index contributed by atoms with van der Waals surface area (Å²) in [6.45, 7) is 7.11. The quantitative estimate of drug-likeness (QED) is 0.711. The fraction of sp³-hybridized carbons (Fsp3) is 0.938. The molecule has 1 amide bonds. The SMILES string of the molecule is C[C@@H](CNC(=O)C1CCN(S(=O)(=O)N(C)C)CC1)CN1CCCC1. The highest BCUT2D eigenvalue weighted by Crippen LogP contribution is 2.20. The first kappa shape index (κ1) is 19.6. The maximum atomic E-state index is 12.3. The Kier molecular flexibility index (Phi) is 7.03. The summed E-state index contributed by atoms with van der Waals surface area (Å²) in [5, 5.41) is 3.06. The maximum absolute atomic E-state index is 12.3. The molecule has 0 aromatic heterocycles. The average Bonchev–Trinajstić information content (AvgIpc) is 3.05. The minimum absolute atomic E-state index is 0.0717. The Morgan fingerprint density at radius 3 is 2.29 bits per heavy atom. The van der Waals surface area contributed by atoms with Crippen molar-refractivity contribution in [3.63, 3.8) is 0 Å². The van der Waals surface area contributed by atoms with Gasteiger partial charge in [-0.05, 0) is 44.7 Å². The number of carbonyl (C=O) groups excluding carboxylic acids is 1. The zero-order chi connectivity index (χ0) is 17.7. The van der Waals surface area contributed by atoms with Crippen LogP contribution in [0.3, 0.4) is 0 Å². The van der Waals surface area contributed by atoms with Gasteiger partial charge in [0.1, 0.15) is 0 Å². The summed E-state index contributed by atoms with van der Waals surface area (Å²) in [5.41, 5.74) is 0. The third-order valence-electron chi connectivity index (χ3n) is 5.01. The molecule has 2 saturated heterocycles. The van der Waals surface area contributed by atoms with Gasteiger partial charge in [-0.25, -0.2) is 0 Å². The van der Waals surface area contributed by atoms with Crippen LogP contribution in [0.15, 0.2) is 0 Å². The van der Waals surface area contributed by atoms with Crippen LogP contribution in [0.2, 0.25) is 0 Å². The van der Waals surface area contributed by atoms with Crippen LogP contribution in [0.25, 0.3) is 0 Å². The Balaban J connectivity index is 1.70. The molecule has 2 aliphatic heterocycles. The van der Waals surface area contributed by atoms with Gasteiger partial charge in [0.2, 0.25) is 5.91 Å². The lowest BCUT2D eigenvalue weighted by Crippen LogP contribution is -2.47. The zero-order valence-electron chi connectivity index (χ0n) is 15.2. The maximum Gasteiger partial charge on any atom is 0.281 e. The fourth-order valence-electron chi connectivity index (χ4n) is 3.47. The topological polar surface area (TPSA) is 73.0 Å². The van der Waals surface area contributed by atoms with Gasteiger partial charge in [-0.1, -0.05) is 6.92 Å². The largest absolute Gasteiger partial charge is 0.356 e. The van der Waals surface area contributed by atoms with Gasteiger partial charge in [0, 0.05) is 46.2 Å². The molecule has 0 radical (unpaired) electrons. The average molecular weight is 361 g/mol. The molecule has 8 heteroatoms. The third-order valence-corrected chi connectivity index (χ3v) is 6.95. The third kappa shape index (κ3) is 5.15. The van der Waals surface area contributed by atoms with Crippen LogP contribution in [0.5, 0.6) is 0 Å². The second-order valence-electron chi connectivity index (χ2n) is 7.32. The summed E-state index contributed by atoms with van der Waals surface area (Å²) < 4.78 is 26.9. The molecule has 1 atom stereocenters. The highest BCUT2D eigenvalue weighted by atomic mass is 32.2. The fourth-order valence-corrected chi connectivity index (χ4v) is 4.60. The number of likely N-dealkylation sites (tertiary alicyclic amines) is 1. The Morgan fingerprint density at radius 2 is 1.75 bits per heavy atom. The summed E-state index contributed by atoms with van der Waals surface area (Å²) in [6.07, 6.45) is 3.76. The van der Waals surface area contributed by atoms with E-state index in [1.165, 1.54) is 48.6 Å². The van der Waals surface area contributed by atoms with E-state index in [2.05, 4.69) is 17.1 Å². The molecule has 0 bridgehead atoms. The number of nitrogens with one attached hydrogen (secondary N) is 1. The molecule has 7 nitrogen and oxygen atoms in total. The molecule has 2 rings (SSSR count). The first-order chi connectivity index (χ1) is 11.3. The van der Waals surface area contributed by atoms with Gasteiger partial charge in [-0.2, -0.15) is 17.0 Å². The molecule has 0 spiro atoms. The normalized spacial score (nSPS) is 22.8. The lowest BCUT2D eigenvalue weighted by Gasteiger charge is -2.32. The van der Waals surface area contributed by atoms with Gasteiger partial charge in [0.05, 0.1) is 0 Å². The second-order valence-corrected chi connectivity index (χ2v) is 9.46. The molecule has 0 aromatic carbocycles. The number of carbonyl (C=O) groups is 1. The second kappa shape index (κ2) is 8.60. The minimum atomic E-state index is -3.36. The molecule has 0 unspecified atom stereocenters. The lowest BCUT2D eigenvalue weighted by atomic mass is 9.97. The summed E-state index contributed by atoms with van der Waals surface area (Å²) in [4.78, 5) is 14.8. The lowest BCUT2D eigenvalue weighted by molar-refractivity contribution is -0.126. The Labute approximate surface area is 146 Å². The molecule has 0 aromatic rings. The zero-order valence-corrected chi connectivity index (χ0v) is 16.0. The van der Waals surface area contributed by atoms with Crippen molar-refractivity contribution >= 4 is 16.1 Å². The van der Waals surface area contributed by atoms with E-state index < -0.39 is 10.2 Å². The van der Waals surface area contributed by atoms with E-state index in [0.29, 0.717) is 38.4 Å². The van der Waals surface area contributed by atoms with Gasteiger partial charge >= 0.3 is 0 Å². The Morgan fingerprint density at radius 1 is 1.17 bits per heavy atom. The summed E-state index contributed by atoms with van der Waals surface area (Å²) >= 11 is 0. The number of nitrogens with zero attached hydrogens (tertiary/aromatic N) is 3. The predicted octanol–water partition coefficient (Wildman–Crippen LogP) is 0.353. The molecule has 0 aliphatic carbocycles. The van der Waals surface area contributed by atoms with E-state index in [4.69, 9.17) is 0 Å². The molecule has 2 fully saturated rings. The highest BCUT2D eigenvalue weighted by Gasteiger charge is 2.32. The minimum Gasteiger partial charge on any atom is -0.356 e. The van der Waals surface area contributed by atoms with Gasteiger partial charge in [0.15, 0.2) is 0 Å². The standard InChI is InChI=1S/C16H32N4O3S/c1-14(13-19-8-4-5-9-19)12-17-16(21)15-6-10-20(11-7-15)24(22,23)18(2)3/h14-15H,4-13H2,1-3H3,(H,17,21)/t14-/m0/s1. The molecule has 0 saturated carbocycles. The van der Waals surface area contributed by atoms with Crippen LogP contribution >= 0.6 is 0 Å². The molecule has 24 heavy (non-hydrogen) atoms. The van der Waals surface area contributed by atoms with Gasteiger partial charge in [-0.15, -0.1) is 0 Å². The van der Waals surface area contributed by atoms with Crippen LogP contribution < -0.4 is 5.32 Å². The van der Waals surface area contributed by atoms with Crippen LogP contribution in [0, 0.1) is 11.8 Å². The van der Waals surface area contributed by atoms with Crippen LogP contribution in [-0.4, -0.2) is 81.2 Å². The molecule has 1 N–H and O–H groups in total. The Bertz CT molecular complexity index is 509. The Hall–Kier alpha value is -0.700. The first-order valence-corrected chi connectivity index (χ1v) is 10.4. The molecular weight excluding hydrogens is 328 g/mol. The molecular formula is C16H32N4O3S. The van der Waals surface area contributed by atoms with Crippen molar-refractivity contribution in [2.24, 2.45) is 11.8 Å². The van der Waals surface area contributed by atoms with Crippen molar-refractivity contribution in [3.05, 3.63) is 0 Å². The highest BCUT2D eigenvalue weighted by molar-refractivity contribution is 7.86. The van der Waals surface area contributed by atoms with E-state index in [9.17, 15) is 13.2 Å². The predicted molar refractivity (Wildman–Crippen MR) is 94.8 cm³/mol. The number of amides is 1. The van der Waals surface area contributed by atoms with Gasteiger partial charge < -0.3 is 10.2 Å². The number of hydrogen-bond acceptors (Lipinski definition) is 4. The smallest absolute Gasteiger partial charge is 0.281 e. The van der Waals surface area contributed by atoms with Crippen molar-refractivity contribution < 1.29 is 13.2 Å². The summed E-state index contributed by atoms with van der Waals surface area (Å²) in [7, 11) is -0.284. The van der Waals surface area contributed by atoms with Crippen molar-refractivity contribution in [1.29, 1.82) is 0 Å². The first-order valence-electron chi connectivity index (χ1n) is 8.98. The van der Waals surface area contributed by atoms with Crippen molar-refractivity contribution in [1.82, 2.24) is 18.8 Å². The molecule has 2 aliphatic rings. The number of piperidine rings is 1. The van der Waals surface area contributed by atoms with Crippen molar-refractivity contribution in [2.45, 2.75) is 32.6 Å². The van der Waals surface area contributed by atoms with E-state index >= 15 is 0 Å². The molecule has 2 heterocycles. The number of hydrogen-bond donors (Lipinski definition) is 1. The van der Waals surface area contributed by atoms with Crippen LogP contribution in [-0.2, 0) is 15.0 Å². The summed E-state index contributed by atoms with van der Waals surface area (Å²) in [6, 6.07) is 0. The van der Waals surface area contributed by atoms with Crippen LogP contribution in [0.1, 0.15) is 32.6 Å².